The third kappa shape index (κ3) is 3.23. The number of carbonyl (C=O) groups excluding carboxylic acids is 1. The molecule has 1 aromatic carbocycles. The van der Waals surface area contributed by atoms with Gasteiger partial charge >= 0.3 is 0 Å². The van der Waals surface area contributed by atoms with E-state index in [2.05, 4.69) is 5.32 Å². The van der Waals surface area contributed by atoms with Crippen molar-refractivity contribution in [1.82, 2.24) is 5.32 Å². The summed E-state index contributed by atoms with van der Waals surface area (Å²) >= 11 is 0. The largest absolute Gasteiger partial charge is 0.497 e. The van der Waals surface area contributed by atoms with Crippen LogP contribution in [0.5, 0.6) is 5.75 Å². The molecular weight excluding hydrogens is 228 g/mol. The Morgan fingerprint density at radius 2 is 2.06 bits per heavy atom. The van der Waals surface area contributed by atoms with Gasteiger partial charge in [-0.25, -0.2) is 0 Å². The van der Waals surface area contributed by atoms with Crippen LogP contribution in [0.3, 0.4) is 0 Å². The maximum Gasteiger partial charge on any atom is 0.251 e. The minimum atomic E-state index is -0.0330. The molecule has 98 valence electrons. The fraction of sp³-hybridized carbons (Fsp3) is 0.500. The number of carbonyl (C=O) groups is 1. The lowest BCUT2D eigenvalue weighted by Crippen LogP contribution is -2.40. The number of nitrogens with two attached hydrogens (primary N) is 1. The molecule has 0 heterocycles. The van der Waals surface area contributed by atoms with E-state index in [1.54, 1.807) is 19.2 Å². The van der Waals surface area contributed by atoms with Crippen molar-refractivity contribution >= 4 is 5.91 Å². The summed E-state index contributed by atoms with van der Waals surface area (Å²) in [5.74, 6) is 0.669. The molecule has 0 bridgehead atoms. The normalized spacial score (nSPS) is 23.4. The van der Waals surface area contributed by atoms with Crippen molar-refractivity contribution in [3.8, 4) is 5.75 Å². The predicted octanol–water partition coefficient (Wildman–Crippen LogP) is 1.69. The fourth-order valence-corrected chi connectivity index (χ4v) is 2.30. The highest BCUT2D eigenvalue weighted by Crippen LogP contribution is 2.18. The highest BCUT2D eigenvalue weighted by atomic mass is 16.5. The van der Waals surface area contributed by atoms with Crippen LogP contribution in [0, 0.1) is 0 Å². The van der Waals surface area contributed by atoms with Crippen LogP contribution in [0.15, 0.2) is 24.3 Å². The van der Waals surface area contributed by atoms with Crippen LogP contribution in [0.25, 0.3) is 0 Å². The van der Waals surface area contributed by atoms with Gasteiger partial charge in [0.2, 0.25) is 0 Å². The van der Waals surface area contributed by atoms with Gasteiger partial charge in [-0.1, -0.05) is 6.07 Å². The molecule has 18 heavy (non-hydrogen) atoms. The Bertz CT molecular complexity index is 412. The molecule has 1 amide bonds. The Labute approximate surface area is 108 Å². The van der Waals surface area contributed by atoms with E-state index in [0.717, 1.165) is 25.7 Å². The molecule has 0 saturated heterocycles. The first-order valence-corrected chi connectivity index (χ1v) is 6.39. The van der Waals surface area contributed by atoms with Gasteiger partial charge in [0.25, 0.3) is 5.91 Å². The molecule has 0 radical (unpaired) electrons. The van der Waals surface area contributed by atoms with E-state index in [4.69, 9.17) is 10.5 Å². The lowest BCUT2D eigenvalue weighted by atomic mass is 9.91. The van der Waals surface area contributed by atoms with E-state index in [1.807, 2.05) is 12.1 Å². The molecule has 0 aliphatic heterocycles. The number of ether oxygens (including phenoxy) is 1. The molecule has 3 N–H and O–H groups in total. The van der Waals surface area contributed by atoms with Crippen LogP contribution in [-0.2, 0) is 0 Å². The molecule has 4 heteroatoms. The van der Waals surface area contributed by atoms with Crippen LogP contribution < -0.4 is 15.8 Å². The third-order valence-electron chi connectivity index (χ3n) is 3.44. The summed E-state index contributed by atoms with van der Waals surface area (Å²) in [6.45, 7) is 0. The van der Waals surface area contributed by atoms with Crippen molar-refractivity contribution in [2.24, 2.45) is 5.73 Å². The maximum atomic E-state index is 12.1. The van der Waals surface area contributed by atoms with E-state index >= 15 is 0 Å². The standard InChI is InChI=1S/C14H20N2O2/c1-18-13-4-2-3-10(9-13)14(17)16-12-7-5-11(15)6-8-12/h2-4,9,11-12H,5-8,15H2,1H3,(H,16,17). The number of benzene rings is 1. The molecule has 1 aliphatic rings. The summed E-state index contributed by atoms with van der Waals surface area (Å²) in [7, 11) is 1.60. The van der Waals surface area contributed by atoms with E-state index < -0.39 is 0 Å². The van der Waals surface area contributed by atoms with Crippen LogP contribution in [-0.4, -0.2) is 25.1 Å². The van der Waals surface area contributed by atoms with Gasteiger partial charge in [0.1, 0.15) is 5.75 Å². The average Bonchev–Trinajstić information content (AvgIpc) is 2.41. The van der Waals surface area contributed by atoms with Gasteiger partial charge in [-0.05, 0) is 43.9 Å². The molecule has 1 aliphatic carbocycles. The second-order valence-electron chi connectivity index (χ2n) is 4.82. The van der Waals surface area contributed by atoms with Gasteiger partial charge in [-0.2, -0.15) is 0 Å². The summed E-state index contributed by atoms with van der Waals surface area (Å²) in [5.41, 5.74) is 6.49. The molecule has 0 unspecified atom stereocenters. The summed E-state index contributed by atoms with van der Waals surface area (Å²) in [6, 6.07) is 7.76. The number of methoxy groups -OCH3 is 1. The Hall–Kier alpha value is -1.55. The number of hydrogen-bond donors (Lipinski definition) is 2. The van der Waals surface area contributed by atoms with Crippen molar-refractivity contribution in [2.75, 3.05) is 7.11 Å². The fourth-order valence-electron chi connectivity index (χ4n) is 2.30. The maximum absolute atomic E-state index is 12.1. The first kappa shape index (κ1) is 12.9. The van der Waals surface area contributed by atoms with Gasteiger partial charge in [-0.15, -0.1) is 0 Å². The van der Waals surface area contributed by atoms with Crippen molar-refractivity contribution < 1.29 is 9.53 Å². The SMILES string of the molecule is COc1cccc(C(=O)NC2CCC(N)CC2)c1. The summed E-state index contributed by atoms with van der Waals surface area (Å²) in [4.78, 5) is 12.1. The zero-order valence-electron chi connectivity index (χ0n) is 10.7. The lowest BCUT2D eigenvalue weighted by Gasteiger charge is -2.26. The van der Waals surface area contributed by atoms with Gasteiger partial charge < -0.3 is 15.8 Å². The molecule has 0 atom stereocenters. The highest BCUT2D eigenvalue weighted by Gasteiger charge is 2.20. The zero-order valence-corrected chi connectivity index (χ0v) is 10.7. The van der Waals surface area contributed by atoms with Crippen molar-refractivity contribution in [1.29, 1.82) is 0 Å². The second kappa shape index (κ2) is 5.87. The first-order valence-electron chi connectivity index (χ1n) is 6.39. The topological polar surface area (TPSA) is 64.3 Å². The monoisotopic (exact) mass is 248 g/mol. The molecule has 1 saturated carbocycles. The van der Waals surface area contributed by atoms with E-state index in [-0.39, 0.29) is 11.9 Å². The van der Waals surface area contributed by atoms with Gasteiger partial charge in [0, 0.05) is 17.6 Å². The van der Waals surface area contributed by atoms with Crippen molar-refractivity contribution in [3.63, 3.8) is 0 Å². The predicted molar refractivity (Wildman–Crippen MR) is 70.7 cm³/mol. The molecule has 1 aromatic rings. The lowest BCUT2D eigenvalue weighted by molar-refractivity contribution is 0.0925. The molecule has 0 spiro atoms. The zero-order chi connectivity index (χ0) is 13.0. The summed E-state index contributed by atoms with van der Waals surface area (Å²) in [6.07, 6.45) is 3.92. The van der Waals surface area contributed by atoms with E-state index in [0.29, 0.717) is 17.4 Å². The molecule has 4 nitrogen and oxygen atoms in total. The quantitative estimate of drug-likeness (QED) is 0.855. The summed E-state index contributed by atoms with van der Waals surface area (Å²) in [5, 5.41) is 3.06. The Balaban J connectivity index is 1.94. The Morgan fingerprint density at radius 3 is 2.72 bits per heavy atom. The summed E-state index contributed by atoms with van der Waals surface area (Å²) < 4.78 is 5.11. The Kier molecular flexibility index (Phi) is 4.20. The molecular formula is C14H20N2O2. The molecule has 2 rings (SSSR count). The number of hydrogen-bond acceptors (Lipinski definition) is 3. The molecule has 1 fully saturated rings. The Morgan fingerprint density at radius 1 is 1.33 bits per heavy atom. The highest BCUT2D eigenvalue weighted by molar-refractivity contribution is 5.94. The van der Waals surface area contributed by atoms with Crippen LogP contribution >= 0.6 is 0 Å². The minimum absolute atomic E-state index is 0.0330. The first-order chi connectivity index (χ1) is 8.69. The smallest absolute Gasteiger partial charge is 0.251 e. The second-order valence-corrected chi connectivity index (χ2v) is 4.82. The third-order valence-corrected chi connectivity index (χ3v) is 3.44. The number of nitrogens with one attached hydrogen (secondary N) is 1. The van der Waals surface area contributed by atoms with Crippen LogP contribution in [0.4, 0.5) is 0 Å². The van der Waals surface area contributed by atoms with E-state index in [9.17, 15) is 4.79 Å². The van der Waals surface area contributed by atoms with Gasteiger partial charge in [0.05, 0.1) is 7.11 Å². The van der Waals surface area contributed by atoms with Crippen molar-refractivity contribution in [2.45, 2.75) is 37.8 Å². The van der Waals surface area contributed by atoms with Crippen molar-refractivity contribution in [3.05, 3.63) is 29.8 Å². The van der Waals surface area contributed by atoms with Gasteiger partial charge in [-0.3, -0.25) is 4.79 Å². The number of amides is 1. The van der Waals surface area contributed by atoms with Crippen LogP contribution in [0.2, 0.25) is 0 Å². The van der Waals surface area contributed by atoms with Crippen LogP contribution in [0.1, 0.15) is 36.0 Å². The van der Waals surface area contributed by atoms with E-state index in [1.165, 1.54) is 0 Å². The van der Waals surface area contributed by atoms with Gasteiger partial charge in [0.15, 0.2) is 0 Å². The molecule has 0 aromatic heterocycles. The average molecular weight is 248 g/mol. The number of rotatable bonds is 3. The minimum Gasteiger partial charge on any atom is -0.497 e.